The average molecular weight is 297 g/mol. The van der Waals surface area contributed by atoms with Crippen LogP contribution in [0.25, 0.3) is 0 Å². The molecule has 1 aliphatic heterocycles. The van der Waals surface area contributed by atoms with Crippen LogP contribution in [0.2, 0.25) is 0 Å². The van der Waals surface area contributed by atoms with Gasteiger partial charge in [-0.1, -0.05) is 13.8 Å². The third-order valence-electron chi connectivity index (χ3n) is 4.77. The number of primary amides is 1. The van der Waals surface area contributed by atoms with Crippen LogP contribution in [-0.4, -0.2) is 53.3 Å². The van der Waals surface area contributed by atoms with Crippen LogP contribution in [-0.2, 0) is 9.59 Å². The molecule has 2 atom stereocenters. The first kappa shape index (κ1) is 18.0. The third-order valence-corrected chi connectivity index (χ3v) is 4.77. The molecular formula is C16H31N3O2. The largest absolute Gasteiger partial charge is 0.369 e. The quantitative estimate of drug-likeness (QED) is 0.776. The maximum absolute atomic E-state index is 12.6. The molecule has 0 aliphatic carbocycles. The molecule has 0 unspecified atom stereocenters. The van der Waals surface area contributed by atoms with E-state index in [4.69, 9.17) is 5.73 Å². The Morgan fingerprint density at radius 2 is 1.62 bits per heavy atom. The van der Waals surface area contributed by atoms with E-state index in [1.54, 1.807) is 0 Å². The van der Waals surface area contributed by atoms with Crippen molar-refractivity contribution >= 4 is 11.8 Å². The smallest absolute Gasteiger partial charge is 0.237 e. The molecule has 21 heavy (non-hydrogen) atoms. The van der Waals surface area contributed by atoms with E-state index < -0.39 is 0 Å². The highest BCUT2D eigenvalue weighted by Gasteiger charge is 2.28. The van der Waals surface area contributed by atoms with E-state index in [1.807, 2.05) is 4.90 Å². The summed E-state index contributed by atoms with van der Waals surface area (Å²) in [6.45, 7) is 10.5. The van der Waals surface area contributed by atoms with Crippen molar-refractivity contribution < 1.29 is 9.59 Å². The van der Waals surface area contributed by atoms with Gasteiger partial charge in [0, 0.05) is 18.0 Å². The van der Waals surface area contributed by atoms with Crippen molar-refractivity contribution in [1.29, 1.82) is 0 Å². The van der Waals surface area contributed by atoms with Crippen LogP contribution < -0.4 is 5.73 Å². The Bertz CT molecular complexity index is 341. The van der Waals surface area contributed by atoms with E-state index in [9.17, 15) is 9.59 Å². The van der Waals surface area contributed by atoms with E-state index in [1.165, 1.54) is 0 Å². The number of nitrogens with two attached hydrogens (primary N) is 1. The second kappa shape index (κ2) is 8.37. The molecule has 2 amide bonds. The van der Waals surface area contributed by atoms with E-state index in [2.05, 4.69) is 32.6 Å². The fraction of sp³-hybridized carbons (Fsp3) is 0.875. The molecule has 1 fully saturated rings. The number of rotatable bonds is 7. The zero-order valence-corrected chi connectivity index (χ0v) is 14.0. The molecule has 5 heteroatoms. The summed E-state index contributed by atoms with van der Waals surface area (Å²) in [4.78, 5) is 28.0. The van der Waals surface area contributed by atoms with Crippen molar-refractivity contribution in [2.45, 2.75) is 65.5 Å². The number of nitrogens with zero attached hydrogens (tertiary/aromatic N) is 2. The maximum atomic E-state index is 12.6. The van der Waals surface area contributed by atoms with Gasteiger partial charge in [0.15, 0.2) is 0 Å². The minimum atomic E-state index is -0.207. The Kier molecular flexibility index (Phi) is 7.15. The normalized spacial score (nSPS) is 20.0. The van der Waals surface area contributed by atoms with E-state index in [0.717, 1.165) is 38.8 Å². The molecule has 1 heterocycles. The lowest BCUT2D eigenvalue weighted by Gasteiger charge is -2.37. The van der Waals surface area contributed by atoms with Gasteiger partial charge in [-0.05, 0) is 52.6 Å². The molecule has 0 aromatic rings. The first-order valence-electron chi connectivity index (χ1n) is 8.23. The Morgan fingerprint density at radius 1 is 1.14 bits per heavy atom. The molecule has 2 N–H and O–H groups in total. The highest BCUT2D eigenvalue weighted by atomic mass is 16.2. The molecular weight excluding hydrogens is 266 g/mol. The molecule has 1 saturated heterocycles. The molecule has 0 bridgehead atoms. The van der Waals surface area contributed by atoms with Crippen molar-refractivity contribution in [3.05, 3.63) is 0 Å². The number of carbonyl (C=O) groups is 2. The Morgan fingerprint density at radius 3 is 2.00 bits per heavy atom. The Balaban J connectivity index is 2.56. The first-order chi connectivity index (χ1) is 9.90. The fourth-order valence-electron chi connectivity index (χ4n) is 2.97. The molecule has 1 rings (SSSR count). The fourth-order valence-corrected chi connectivity index (χ4v) is 2.97. The van der Waals surface area contributed by atoms with Gasteiger partial charge >= 0.3 is 0 Å². The zero-order chi connectivity index (χ0) is 16.0. The topological polar surface area (TPSA) is 66.6 Å². The maximum Gasteiger partial charge on any atom is 0.237 e. The van der Waals surface area contributed by atoms with E-state index >= 15 is 0 Å². The highest BCUT2D eigenvalue weighted by molar-refractivity contribution is 5.79. The van der Waals surface area contributed by atoms with E-state index in [0.29, 0.717) is 6.54 Å². The van der Waals surface area contributed by atoms with Gasteiger partial charge in [0.2, 0.25) is 11.8 Å². The van der Waals surface area contributed by atoms with Gasteiger partial charge in [-0.3, -0.25) is 14.5 Å². The molecule has 0 saturated carbocycles. The molecule has 0 radical (unpaired) electrons. The predicted molar refractivity (Wildman–Crippen MR) is 84.7 cm³/mol. The van der Waals surface area contributed by atoms with Crippen LogP contribution in [0.3, 0.4) is 0 Å². The Labute approximate surface area is 128 Å². The summed E-state index contributed by atoms with van der Waals surface area (Å²) in [7, 11) is 0. The molecule has 0 aromatic heterocycles. The summed E-state index contributed by atoms with van der Waals surface area (Å²) >= 11 is 0. The van der Waals surface area contributed by atoms with Crippen LogP contribution >= 0.6 is 0 Å². The Hall–Kier alpha value is -1.10. The van der Waals surface area contributed by atoms with Crippen LogP contribution in [0, 0.1) is 5.92 Å². The lowest BCUT2D eigenvalue weighted by molar-refractivity contribution is -0.137. The van der Waals surface area contributed by atoms with Gasteiger partial charge in [-0.15, -0.1) is 0 Å². The van der Waals surface area contributed by atoms with Gasteiger partial charge in [0.1, 0.15) is 0 Å². The highest BCUT2D eigenvalue weighted by Crippen LogP contribution is 2.18. The summed E-state index contributed by atoms with van der Waals surface area (Å²) in [5.41, 5.74) is 5.34. The van der Waals surface area contributed by atoms with E-state index in [-0.39, 0.29) is 29.8 Å². The standard InChI is InChI=1S/C16H31N3O2/c1-5-12(3)19(13(4)6-2)15(20)11-18-9-7-14(8-10-18)16(17)21/h12-14H,5-11H2,1-4H3,(H2,17,21)/t12-,13+. The minimum Gasteiger partial charge on any atom is -0.369 e. The number of hydrogen-bond donors (Lipinski definition) is 1. The van der Waals surface area contributed by atoms with Crippen LogP contribution in [0.5, 0.6) is 0 Å². The number of amides is 2. The molecule has 0 aromatic carbocycles. The summed E-state index contributed by atoms with van der Waals surface area (Å²) in [5.74, 6) is -0.0189. The van der Waals surface area contributed by atoms with Crippen LogP contribution in [0.15, 0.2) is 0 Å². The second-order valence-corrected chi connectivity index (χ2v) is 6.27. The average Bonchev–Trinajstić information content (AvgIpc) is 2.47. The third kappa shape index (κ3) is 4.99. The first-order valence-corrected chi connectivity index (χ1v) is 8.23. The lowest BCUT2D eigenvalue weighted by atomic mass is 9.96. The van der Waals surface area contributed by atoms with Crippen molar-refractivity contribution in [3.63, 3.8) is 0 Å². The van der Waals surface area contributed by atoms with Crippen molar-refractivity contribution in [3.8, 4) is 0 Å². The predicted octanol–water partition coefficient (Wildman–Crippen LogP) is 1.61. The van der Waals surface area contributed by atoms with Gasteiger partial charge in [-0.2, -0.15) is 0 Å². The van der Waals surface area contributed by atoms with Gasteiger partial charge in [-0.25, -0.2) is 0 Å². The zero-order valence-electron chi connectivity index (χ0n) is 14.0. The van der Waals surface area contributed by atoms with Crippen molar-refractivity contribution in [2.75, 3.05) is 19.6 Å². The molecule has 5 nitrogen and oxygen atoms in total. The molecule has 122 valence electrons. The summed E-state index contributed by atoms with van der Waals surface area (Å²) in [6, 6.07) is 0.547. The van der Waals surface area contributed by atoms with Gasteiger partial charge in [0.25, 0.3) is 0 Å². The number of carbonyl (C=O) groups excluding carboxylic acids is 2. The number of likely N-dealkylation sites (tertiary alicyclic amines) is 1. The van der Waals surface area contributed by atoms with Crippen LogP contribution in [0.4, 0.5) is 0 Å². The van der Waals surface area contributed by atoms with Crippen molar-refractivity contribution in [2.24, 2.45) is 11.7 Å². The SMILES string of the molecule is CC[C@@H](C)N(C(=O)CN1CCC(C(N)=O)CC1)[C@@H](C)CC. The molecule has 1 aliphatic rings. The number of hydrogen-bond acceptors (Lipinski definition) is 3. The summed E-state index contributed by atoms with van der Waals surface area (Å²) in [5, 5.41) is 0. The monoisotopic (exact) mass is 297 g/mol. The minimum absolute atomic E-state index is 0.0171. The van der Waals surface area contributed by atoms with Crippen molar-refractivity contribution in [1.82, 2.24) is 9.80 Å². The lowest BCUT2D eigenvalue weighted by Crippen LogP contribution is -2.50. The van der Waals surface area contributed by atoms with Crippen LogP contribution in [0.1, 0.15) is 53.4 Å². The second-order valence-electron chi connectivity index (χ2n) is 6.27. The summed E-state index contributed by atoms with van der Waals surface area (Å²) < 4.78 is 0. The number of piperidine rings is 1. The molecule has 0 spiro atoms. The van der Waals surface area contributed by atoms with Gasteiger partial charge in [0.05, 0.1) is 6.54 Å². The summed E-state index contributed by atoms with van der Waals surface area (Å²) in [6.07, 6.45) is 3.49. The van der Waals surface area contributed by atoms with Gasteiger partial charge < -0.3 is 10.6 Å².